The number of hydrazone groups is 1. The Hall–Kier alpha value is -3.35. The number of methoxy groups -OCH3 is 1. The van der Waals surface area contributed by atoms with Crippen LogP contribution in [0.1, 0.15) is 24.5 Å². The zero-order chi connectivity index (χ0) is 20.5. The Morgan fingerprint density at radius 2 is 1.68 bits per heavy atom. The average Bonchev–Trinajstić information content (AvgIpc) is 2.66. The summed E-state index contributed by atoms with van der Waals surface area (Å²) in [5, 5.41) is 6.73. The van der Waals surface area contributed by atoms with E-state index in [0.29, 0.717) is 22.9 Å². The lowest BCUT2D eigenvalue weighted by atomic mass is 10.2. The molecule has 2 rings (SSSR count). The number of rotatable bonds is 8. The Kier molecular flexibility index (Phi) is 7.56. The molecule has 0 spiro atoms. The van der Waals surface area contributed by atoms with E-state index in [9.17, 15) is 9.59 Å². The fourth-order valence-electron chi connectivity index (χ4n) is 2.36. The molecule has 0 aromatic heterocycles. The highest BCUT2D eigenvalue weighted by Crippen LogP contribution is 2.25. The molecule has 2 aromatic rings. The standard InChI is InChI=1S/C21H25N3O4/c1-14-5-8-17(9-6-14)28-13-21(26)24-23-16(3)12-20(25)22-18-11-15(2)7-10-19(18)27-4/h5-11H,12-13H2,1-4H3,(H,22,25)(H,24,26)/b23-16-. The number of anilines is 1. The molecule has 2 amide bonds. The van der Waals surface area contributed by atoms with Crippen LogP contribution in [0.3, 0.4) is 0 Å². The molecule has 0 aliphatic carbocycles. The molecule has 0 fully saturated rings. The molecule has 0 unspecified atom stereocenters. The minimum atomic E-state index is -0.402. The maximum atomic E-state index is 12.2. The van der Waals surface area contributed by atoms with Crippen LogP contribution in [0.4, 0.5) is 5.69 Å². The highest BCUT2D eigenvalue weighted by molar-refractivity contribution is 6.06. The SMILES string of the molecule is COc1ccc(C)cc1NC(=O)C/C(C)=N\NC(=O)COc1ccc(C)cc1. The zero-order valence-corrected chi connectivity index (χ0v) is 16.5. The van der Waals surface area contributed by atoms with Crippen molar-refractivity contribution in [1.82, 2.24) is 5.43 Å². The first-order valence-electron chi connectivity index (χ1n) is 8.83. The van der Waals surface area contributed by atoms with Gasteiger partial charge in [0.15, 0.2) is 6.61 Å². The van der Waals surface area contributed by atoms with Crippen molar-refractivity contribution in [2.45, 2.75) is 27.2 Å². The number of benzene rings is 2. The number of aryl methyl sites for hydroxylation is 2. The molecule has 0 saturated heterocycles. The molecular weight excluding hydrogens is 358 g/mol. The number of carbonyl (C=O) groups is 2. The second-order valence-corrected chi connectivity index (χ2v) is 6.41. The lowest BCUT2D eigenvalue weighted by molar-refractivity contribution is -0.123. The minimum absolute atomic E-state index is 0.0379. The average molecular weight is 383 g/mol. The van der Waals surface area contributed by atoms with Crippen molar-refractivity contribution in [3.63, 3.8) is 0 Å². The smallest absolute Gasteiger partial charge is 0.277 e. The molecule has 148 valence electrons. The summed E-state index contributed by atoms with van der Waals surface area (Å²) < 4.78 is 10.6. The summed E-state index contributed by atoms with van der Waals surface area (Å²) in [7, 11) is 1.54. The molecule has 0 saturated carbocycles. The fourth-order valence-corrected chi connectivity index (χ4v) is 2.36. The highest BCUT2D eigenvalue weighted by atomic mass is 16.5. The van der Waals surface area contributed by atoms with Gasteiger partial charge in [-0.25, -0.2) is 5.43 Å². The van der Waals surface area contributed by atoms with Crippen molar-refractivity contribution in [2.75, 3.05) is 19.0 Å². The monoisotopic (exact) mass is 383 g/mol. The quantitative estimate of drug-likeness (QED) is 0.541. The molecule has 0 bridgehead atoms. The van der Waals surface area contributed by atoms with E-state index in [0.717, 1.165) is 11.1 Å². The fraction of sp³-hybridized carbons (Fsp3) is 0.286. The Morgan fingerprint density at radius 1 is 1.00 bits per heavy atom. The third kappa shape index (κ3) is 6.75. The van der Waals surface area contributed by atoms with Crippen molar-refractivity contribution in [2.24, 2.45) is 5.10 Å². The summed E-state index contributed by atoms with van der Waals surface area (Å²) in [6.45, 7) is 5.40. The van der Waals surface area contributed by atoms with Crippen molar-refractivity contribution in [3.05, 3.63) is 53.6 Å². The Bertz CT molecular complexity index is 860. The van der Waals surface area contributed by atoms with Gasteiger partial charge in [0, 0.05) is 5.71 Å². The largest absolute Gasteiger partial charge is 0.495 e. The molecule has 0 aliphatic rings. The molecule has 0 aliphatic heterocycles. The first kappa shape index (κ1) is 21.0. The number of hydrogen-bond acceptors (Lipinski definition) is 5. The van der Waals surface area contributed by atoms with Crippen LogP contribution in [0.2, 0.25) is 0 Å². The van der Waals surface area contributed by atoms with Crippen LogP contribution in [-0.2, 0) is 9.59 Å². The van der Waals surface area contributed by atoms with Crippen LogP contribution in [0.5, 0.6) is 11.5 Å². The van der Waals surface area contributed by atoms with Gasteiger partial charge in [-0.05, 0) is 50.6 Å². The molecule has 7 nitrogen and oxygen atoms in total. The van der Waals surface area contributed by atoms with Gasteiger partial charge in [0.25, 0.3) is 5.91 Å². The summed E-state index contributed by atoms with van der Waals surface area (Å²) >= 11 is 0. The predicted octanol–water partition coefficient (Wildman–Crippen LogP) is 3.21. The molecule has 0 heterocycles. The molecule has 7 heteroatoms. The van der Waals surface area contributed by atoms with Crippen LogP contribution in [0.25, 0.3) is 0 Å². The molecule has 2 aromatic carbocycles. The summed E-state index contributed by atoms with van der Waals surface area (Å²) in [5.74, 6) is 0.527. The molecule has 28 heavy (non-hydrogen) atoms. The Morgan fingerprint density at radius 3 is 2.36 bits per heavy atom. The third-order valence-electron chi connectivity index (χ3n) is 3.81. The van der Waals surface area contributed by atoms with Crippen LogP contribution in [0.15, 0.2) is 47.6 Å². The van der Waals surface area contributed by atoms with E-state index in [2.05, 4.69) is 15.8 Å². The van der Waals surface area contributed by atoms with E-state index < -0.39 is 5.91 Å². The van der Waals surface area contributed by atoms with Crippen molar-refractivity contribution in [3.8, 4) is 11.5 Å². The lowest BCUT2D eigenvalue weighted by Gasteiger charge is -2.11. The van der Waals surface area contributed by atoms with Gasteiger partial charge in [-0.1, -0.05) is 23.8 Å². The van der Waals surface area contributed by atoms with E-state index >= 15 is 0 Å². The van der Waals surface area contributed by atoms with E-state index in [1.807, 2.05) is 38.1 Å². The van der Waals surface area contributed by atoms with Gasteiger partial charge < -0.3 is 14.8 Å². The molecular formula is C21H25N3O4. The van der Waals surface area contributed by atoms with Gasteiger partial charge in [0.2, 0.25) is 5.91 Å². The van der Waals surface area contributed by atoms with Gasteiger partial charge in [-0.3, -0.25) is 9.59 Å². The van der Waals surface area contributed by atoms with Gasteiger partial charge in [0.1, 0.15) is 11.5 Å². The number of ether oxygens (including phenoxy) is 2. The van der Waals surface area contributed by atoms with Crippen LogP contribution >= 0.6 is 0 Å². The van der Waals surface area contributed by atoms with Gasteiger partial charge >= 0.3 is 0 Å². The predicted molar refractivity (Wildman–Crippen MR) is 109 cm³/mol. The number of amides is 2. The normalized spacial score (nSPS) is 10.9. The van der Waals surface area contributed by atoms with Crippen molar-refractivity contribution < 1.29 is 19.1 Å². The van der Waals surface area contributed by atoms with E-state index in [4.69, 9.17) is 9.47 Å². The third-order valence-corrected chi connectivity index (χ3v) is 3.81. The van der Waals surface area contributed by atoms with Gasteiger partial charge in [-0.15, -0.1) is 0 Å². The maximum Gasteiger partial charge on any atom is 0.277 e. The molecule has 0 atom stereocenters. The van der Waals surface area contributed by atoms with E-state index in [1.165, 1.54) is 0 Å². The summed E-state index contributed by atoms with van der Waals surface area (Å²) in [4.78, 5) is 24.0. The van der Waals surface area contributed by atoms with Crippen LogP contribution < -0.4 is 20.2 Å². The van der Waals surface area contributed by atoms with Crippen LogP contribution in [-0.4, -0.2) is 31.2 Å². The first-order valence-corrected chi connectivity index (χ1v) is 8.83. The van der Waals surface area contributed by atoms with Crippen LogP contribution in [0, 0.1) is 13.8 Å². The Balaban J connectivity index is 1.81. The van der Waals surface area contributed by atoms with E-state index in [1.54, 1.807) is 32.2 Å². The van der Waals surface area contributed by atoms with Gasteiger partial charge in [0.05, 0.1) is 19.2 Å². The number of nitrogens with one attached hydrogen (secondary N) is 2. The Labute approximate surface area is 164 Å². The zero-order valence-electron chi connectivity index (χ0n) is 16.5. The highest BCUT2D eigenvalue weighted by Gasteiger charge is 2.10. The molecule has 2 N–H and O–H groups in total. The molecule has 0 radical (unpaired) electrons. The maximum absolute atomic E-state index is 12.2. The van der Waals surface area contributed by atoms with E-state index in [-0.39, 0.29) is 18.9 Å². The van der Waals surface area contributed by atoms with Crippen molar-refractivity contribution in [1.29, 1.82) is 0 Å². The second-order valence-electron chi connectivity index (χ2n) is 6.41. The number of carbonyl (C=O) groups excluding carboxylic acids is 2. The summed E-state index contributed by atoms with van der Waals surface area (Å²) in [6.07, 6.45) is 0.0379. The topological polar surface area (TPSA) is 89.0 Å². The second kappa shape index (κ2) is 10.1. The lowest BCUT2D eigenvalue weighted by Crippen LogP contribution is -2.26. The summed E-state index contributed by atoms with van der Waals surface area (Å²) in [6, 6.07) is 12.9. The first-order chi connectivity index (χ1) is 13.4. The summed E-state index contributed by atoms with van der Waals surface area (Å²) in [5.41, 5.74) is 5.56. The number of nitrogens with zero attached hydrogens (tertiary/aromatic N) is 1. The van der Waals surface area contributed by atoms with Crippen molar-refractivity contribution >= 4 is 23.2 Å². The minimum Gasteiger partial charge on any atom is -0.495 e. The van der Waals surface area contributed by atoms with Gasteiger partial charge in [-0.2, -0.15) is 5.10 Å². The number of hydrogen-bond donors (Lipinski definition) is 2.